The van der Waals surface area contributed by atoms with E-state index in [9.17, 15) is 9.59 Å². The summed E-state index contributed by atoms with van der Waals surface area (Å²) < 4.78 is 5.11. The summed E-state index contributed by atoms with van der Waals surface area (Å²) in [6.07, 6.45) is 4.12. The lowest BCUT2D eigenvalue weighted by atomic mass is 10.2. The lowest BCUT2D eigenvalue weighted by Crippen LogP contribution is -2.40. The highest BCUT2D eigenvalue weighted by Crippen LogP contribution is 2.23. The zero-order chi connectivity index (χ0) is 13.7. The topological polar surface area (TPSA) is 67.4 Å². The van der Waals surface area contributed by atoms with Crippen molar-refractivity contribution in [3.05, 3.63) is 24.3 Å². The number of hydrogen-bond acceptors (Lipinski definition) is 3. The van der Waals surface area contributed by atoms with Crippen molar-refractivity contribution in [1.82, 2.24) is 5.32 Å². The van der Waals surface area contributed by atoms with Crippen molar-refractivity contribution in [1.29, 1.82) is 0 Å². The van der Waals surface area contributed by atoms with Gasteiger partial charge in [0.25, 0.3) is 0 Å². The van der Waals surface area contributed by atoms with Crippen LogP contribution in [0, 0.1) is 0 Å². The normalized spacial score (nSPS) is 15.0. The third kappa shape index (κ3) is 3.47. The first-order valence-electron chi connectivity index (χ1n) is 6.45. The smallest absolute Gasteiger partial charge is 0.313 e. The van der Waals surface area contributed by atoms with Crippen LogP contribution in [0.2, 0.25) is 0 Å². The molecule has 1 aliphatic carbocycles. The first-order valence-corrected chi connectivity index (χ1v) is 6.45. The second-order valence-electron chi connectivity index (χ2n) is 4.61. The Morgan fingerprint density at radius 1 is 1.16 bits per heavy atom. The molecule has 2 rings (SSSR count). The first kappa shape index (κ1) is 13.4. The van der Waals surface area contributed by atoms with Crippen LogP contribution < -0.4 is 15.4 Å². The predicted molar refractivity (Wildman–Crippen MR) is 72.0 cm³/mol. The number of anilines is 1. The molecule has 0 bridgehead atoms. The van der Waals surface area contributed by atoms with Gasteiger partial charge in [0.2, 0.25) is 0 Å². The molecule has 0 spiro atoms. The third-order valence-corrected chi connectivity index (χ3v) is 3.25. The van der Waals surface area contributed by atoms with E-state index in [4.69, 9.17) is 4.74 Å². The van der Waals surface area contributed by atoms with Crippen molar-refractivity contribution in [2.24, 2.45) is 0 Å². The summed E-state index contributed by atoms with van der Waals surface area (Å²) in [5.74, 6) is -0.710. The summed E-state index contributed by atoms with van der Waals surface area (Å²) in [6, 6.07) is 7.13. The van der Waals surface area contributed by atoms with Crippen LogP contribution in [-0.2, 0) is 9.59 Å². The Morgan fingerprint density at radius 2 is 1.84 bits per heavy atom. The van der Waals surface area contributed by atoms with Crippen molar-refractivity contribution in [2.45, 2.75) is 31.7 Å². The number of para-hydroxylation sites is 2. The van der Waals surface area contributed by atoms with E-state index in [-0.39, 0.29) is 6.04 Å². The van der Waals surface area contributed by atoms with Gasteiger partial charge in [0.05, 0.1) is 12.8 Å². The Bertz CT molecular complexity index is 468. The minimum absolute atomic E-state index is 0.135. The van der Waals surface area contributed by atoms with Crippen molar-refractivity contribution < 1.29 is 14.3 Å². The number of amides is 2. The van der Waals surface area contributed by atoms with Crippen LogP contribution >= 0.6 is 0 Å². The molecule has 0 saturated heterocycles. The number of ether oxygens (including phenoxy) is 1. The summed E-state index contributed by atoms with van der Waals surface area (Å²) >= 11 is 0. The number of nitrogens with one attached hydrogen (secondary N) is 2. The summed E-state index contributed by atoms with van der Waals surface area (Å²) in [7, 11) is 1.52. The Hall–Kier alpha value is -2.04. The number of carbonyl (C=O) groups is 2. The zero-order valence-electron chi connectivity index (χ0n) is 10.9. The molecule has 19 heavy (non-hydrogen) atoms. The minimum Gasteiger partial charge on any atom is -0.495 e. The van der Waals surface area contributed by atoms with E-state index in [0.29, 0.717) is 11.4 Å². The lowest BCUT2D eigenvalue weighted by Gasteiger charge is -2.13. The van der Waals surface area contributed by atoms with E-state index in [2.05, 4.69) is 10.6 Å². The standard InChI is InChI=1S/C14H18N2O3/c1-19-12-9-5-4-8-11(12)16-14(18)13(17)15-10-6-2-3-7-10/h4-5,8-10H,2-3,6-7H2,1H3,(H,15,17)(H,16,18). The van der Waals surface area contributed by atoms with Crippen molar-refractivity contribution in [2.75, 3.05) is 12.4 Å². The molecule has 0 radical (unpaired) electrons. The maximum absolute atomic E-state index is 11.8. The largest absolute Gasteiger partial charge is 0.495 e. The van der Waals surface area contributed by atoms with Gasteiger partial charge in [0.15, 0.2) is 0 Å². The van der Waals surface area contributed by atoms with Crippen LogP contribution in [0.15, 0.2) is 24.3 Å². The molecule has 102 valence electrons. The molecule has 5 nitrogen and oxygen atoms in total. The lowest BCUT2D eigenvalue weighted by molar-refractivity contribution is -0.136. The SMILES string of the molecule is COc1ccccc1NC(=O)C(=O)NC1CCCC1. The van der Waals surface area contributed by atoms with Crippen LogP contribution in [-0.4, -0.2) is 25.0 Å². The fraction of sp³-hybridized carbons (Fsp3) is 0.429. The number of methoxy groups -OCH3 is 1. The van der Waals surface area contributed by atoms with Crippen LogP contribution in [0.3, 0.4) is 0 Å². The minimum atomic E-state index is -0.656. The Balaban J connectivity index is 1.94. The molecule has 1 fully saturated rings. The summed E-state index contributed by atoms with van der Waals surface area (Å²) in [5, 5.41) is 5.30. The molecular formula is C14H18N2O3. The fourth-order valence-corrected chi connectivity index (χ4v) is 2.25. The van der Waals surface area contributed by atoms with Gasteiger partial charge in [-0.3, -0.25) is 9.59 Å². The van der Waals surface area contributed by atoms with Gasteiger partial charge in [0, 0.05) is 6.04 Å². The first-order chi connectivity index (χ1) is 9.20. The average molecular weight is 262 g/mol. The fourth-order valence-electron chi connectivity index (χ4n) is 2.25. The monoisotopic (exact) mass is 262 g/mol. The van der Waals surface area contributed by atoms with Crippen LogP contribution in [0.4, 0.5) is 5.69 Å². The van der Waals surface area contributed by atoms with Crippen molar-refractivity contribution in [3.63, 3.8) is 0 Å². The van der Waals surface area contributed by atoms with Gasteiger partial charge in [0.1, 0.15) is 5.75 Å². The van der Waals surface area contributed by atoms with Crippen molar-refractivity contribution in [3.8, 4) is 5.75 Å². The highest BCUT2D eigenvalue weighted by Gasteiger charge is 2.21. The Labute approximate surface area is 112 Å². The highest BCUT2D eigenvalue weighted by atomic mass is 16.5. The molecule has 1 saturated carbocycles. The average Bonchev–Trinajstić information content (AvgIpc) is 2.92. The number of carbonyl (C=O) groups excluding carboxylic acids is 2. The maximum atomic E-state index is 11.8. The van der Waals surface area contributed by atoms with Crippen LogP contribution in [0.1, 0.15) is 25.7 Å². The molecule has 0 aromatic heterocycles. The molecule has 2 N–H and O–H groups in total. The van der Waals surface area contributed by atoms with Gasteiger partial charge >= 0.3 is 11.8 Å². The molecular weight excluding hydrogens is 244 g/mol. The third-order valence-electron chi connectivity index (χ3n) is 3.25. The van der Waals surface area contributed by atoms with Gasteiger partial charge in [-0.2, -0.15) is 0 Å². The van der Waals surface area contributed by atoms with Crippen LogP contribution in [0.25, 0.3) is 0 Å². The van der Waals surface area contributed by atoms with Gasteiger partial charge < -0.3 is 15.4 Å². The van der Waals surface area contributed by atoms with E-state index in [1.807, 2.05) is 0 Å². The number of rotatable bonds is 3. The summed E-state index contributed by atoms with van der Waals surface area (Å²) in [6.45, 7) is 0. The van der Waals surface area contributed by atoms with E-state index in [1.54, 1.807) is 24.3 Å². The quantitative estimate of drug-likeness (QED) is 0.815. The van der Waals surface area contributed by atoms with Crippen molar-refractivity contribution >= 4 is 17.5 Å². The molecule has 0 atom stereocenters. The molecule has 1 aliphatic rings. The Morgan fingerprint density at radius 3 is 2.53 bits per heavy atom. The van der Waals surface area contributed by atoms with Crippen LogP contribution in [0.5, 0.6) is 5.75 Å². The molecule has 0 aliphatic heterocycles. The summed E-state index contributed by atoms with van der Waals surface area (Å²) in [5.41, 5.74) is 0.497. The zero-order valence-corrected chi connectivity index (χ0v) is 10.9. The highest BCUT2D eigenvalue weighted by molar-refractivity contribution is 6.39. The Kier molecular flexibility index (Phi) is 4.39. The van der Waals surface area contributed by atoms with E-state index < -0.39 is 11.8 Å². The molecule has 0 heterocycles. The van der Waals surface area contributed by atoms with Gasteiger partial charge in [-0.25, -0.2) is 0 Å². The summed E-state index contributed by atoms with van der Waals surface area (Å²) in [4.78, 5) is 23.5. The van der Waals surface area contributed by atoms with Gasteiger partial charge in [-0.1, -0.05) is 25.0 Å². The van der Waals surface area contributed by atoms with Gasteiger partial charge in [-0.15, -0.1) is 0 Å². The number of benzene rings is 1. The second-order valence-corrected chi connectivity index (χ2v) is 4.61. The molecule has 1 aromatic rings. The molecule has 2 amide bonds. The maximum Gasteiger partial charge on any atom is 0.313 e. The number of hydrogen-bond donors (Lipinski definition) is 2. The molecule has 5 heteroatoms. The second kappa shape index (κ2) is 6.22. The van der Waals surface area contributed by atoms with E-state index >= 15 is 0 Å². The molecule has 0 unspecified atom stereocenters. The van der Waals surface area contributed by atoms with E-state index in [0.717, 1.165) is 25.7 Å². The van der Waals surface area contributed by atoms with E-state index in [1.165, 1.54) is 7.11 Å². The predicted octanol–water partition coefficient (Wildman–Crippen LogP) is 1.69. The van der Waals surface area contributed by atoms with Gasteiger partial charge in [-0.05, 0) is 25.0 Å². The molecule has 1 aromatic carbocycles.